The van der Waals surface area contributed by atoms with Gasteiger partial charge in [-0.1, -0.05) is 27.7 Å². The van der Waals surface area contributed by atoms with Gasteiger partial charge in [0.15, 0.2) is 0 Å². The fourth-order valence-corrected chi connectivity index (χ4v) is 1.36. The zero-order valence-corrected chi connectivity index (χ0v) is 9.11. The summed E-state index contributed by atoms with van der Waals surface area (Å²) in [6.45, 7) is 8.77. The smallest absolute Gasteiger partial charge is 0.309 e. The number of hydrogen-bond acceptors (Lipinski definition) is 2. The van der Waals surface area contributed by atoms with Crippen molar-refractivity contribution in [1.82, 2.24) is 0 Å². The van der Waals surface area contributed by atoms with E-state index in [1.54, 1.807) is 0 Å². The van der Waals surface area contributed by atoms with Crippen LogP contribution in [0.2, 0.25) is 0 Å². The standard InChI is InChI=1S/C8H18FO2P/c1-7(2)5-10-12(9)11-6-8(3)4/h7-8H,5-6H2,1-4H3. The molecule has 0 heterocycles. The second-order valence-corrected chi connectivity index (χ2v) is 4.53. The lowest BCUT2D eigenvalue weighted by Crippen LogP contribution is -2.01. The maximum absolute atomic E-state index is 12.7. The van der Waals surface area contributed by atoms with Crippen LogP contribution in [0.1, 0.15) is 27.7 Å². The van der Waals surface area contributed by atoms with E-state index in [-0.39, 0.29) is 0 Å². The summed E-state index contributed by atoms with van der Waals surface area (Å²) >= 11 is 0. The van der Waals surface area contributed by atoms with E-state index in [0.29, 0.717) is 25.0 Å². The Labute approximate surface area is 75.5 Å². The van der Waals surface area contributed by atoms with Crippen LogP contribution in [0.15, 0.2) is 0 Å². The minimum atomic E-state index is -2.15. The van der Waals surface area contributed by atoms with Crippen LogP contribution in [-0.4, -0.2) is 13.2 Å². The van der Waals surface area contributed by atoms with Gasteiger partial charge in [0.05, 0.1) is 13.2 Å². The van der Waals surface area contributed by atoms with Crippen molar-refractivity contribution in [1.29, 1.82) is 0 Å². The fraction of sp³-hybridized carbons (Fsp3) is 1.00. The third-order valence-electron chi connectivity index (χ3n) is 1.02. The Morgan fingerprint density at radius 3 is 1.58 bits per heavy atom. The molecule has 0 amide bonds. The molecule has 0 aromatic heterocycles. The highest BCUT2D eigenvalue weighted by Crippen LogP contribution is 2.40. The highest BCUT2D eigenvalue weighted by molar-refractivity contribution is 7.41. The number of hydrogen-bond donors (Lipinski definition) is 0. The monoisotopic (exact) mass is 196 g/mol. The Morgan fingerprint density at radius 1 is 1.00 bits per heavy atom. The predicted molar refractivity (Wildman–Crippen MR) is 49.6 cm³/mol. The van der Waals surface area contributed by atoms with Gasteiger partial charge in [0, 0.05) is 0 Å². The molecule has 74 valence electrons. The van der Waals surface area contributed by atoms with Gasteiger partial charge in [-0.2, -0.15) is 4.20 Å². The van der Waals surface area contributed by atoms with Crippen LogP contribution in [0.4, 0.5) is 4.20 Å². The molecule has 0 bridgehead atoms. The molecule has 0 fully saturated rings. The van der Waals surface area contributed by atoms with Gasteiger partial charge in [-0.15, -0.1) is 0 Å². The average molecular weight is 196 g/mol. The van der Waals surface area contributed by atoms with Crippen molar-refractivity contribution in [2.24, 2.45) is 11.8 Å². The SMILES string of the molecule is CC(C)COP(F)OCC(C)C. The van der Waals surface area contributed by atoms with Crippen molar-refractivity contribution in [3.63, 3.8) is 0 Å². The molecular weight excluding hydrogens is 178 g/mol. The maximum atomic E-state index is 12.7. The summed E-state index contributed by atoms with van der Waals surface area (Å²) in [5.41, 5.74) is 0. The Kier molecular flexibility index (Phi) is 6.92. The molecule has 0 aromatic carbocycles. The Hall–Kier alpha value is 0.280. The van der Waals surface area contributed by atoms with E-state index >= 15 is 0 Å². The lowest BCUT2D eigenvalue weighted by atomic mass is 10.2. The van der Waals surface area contributed by atoms with Crippen molar-refractivity contribution >= 4 is 8.69 Å². The molecule has 0 aliphatic carbocycles. The summed E-state index contributed by atoms with van der Waals surface area (Å²) in [5.74, 6) is 0.710. The van der Waals surface area contributed by atoms with Crippen molar-refractivity contribution in [2.75, 3.05) is 13.2 Å². The van der Waals surface area contributed by atoms with Crippen LogP contribution in [-0.2, 0) is 9.05 Å². The zero-order chi connectivity index (χ0) is 9.56. The highest BCUT2D eigenvalue weighted by atomic mass is 31.2. The molecule has 0 aliphatic rings. The third-order valence-corrected chi connectivity index (χ3v) is 1.72. The Bertz CT molecular complexity index is 97.2. The van der Waals surface area contributed by atoms with E-state index in [1.807, 2.05) is 27.7 Å². The molecule has 4 heteroatoms. The molecule has 0 aromatic rings. The van der Waals surface area contributed by atoms with E-state index in [0.717, 1.165) is 0 Å². The van der Waals surface area contributed by atoms with E-state index in [9.17, 15) is 4.20 Å². The first-order chi connectivity index (χ1) is 5.52. The number of halogens is 1. The minimum absolute atomic E-state index is 0.355. The van der Waals surface area contributed by atoms with E-state index in [2.05, 4.69) is 0 Å². The fourth-order valence-electron chi connectivity index (χ4n) is 0.453. The summed E-state index contributed by atoms with van der Waals surface area (Å²) < 4.78 is 22.4. The van der Waals surface area contributed by atoms with E-state index in [4.69, 9.17) is 9.05 Å². The molecule has 0 spiro atoms. The zero-order valence-electron chi connectivity index (χ0n) is 8.21. The maximum Gasteiger partial charge on any atom is 0.374 e. The van der Waals surface area contributed by atoms with Crippen molar-refractivity contribution in [2.45, 2.75) is 27.7 Å². The first-order valence-electron chi connectivity index (χ1n) is 4.24. The minimum Gasteiger partial charge on any atom is -0.309 e. The normalized spacial score (nSPS) is 12.0. The number of rotatable bonds is 6. The van der Waals surface area contributed by atoms with Crippen LogP contribution >= 0.6 is 8.69 Å². The van der Waals surface area contributed by atoms with Gasteiger partial charge < -0.3 is 9.05 Å². The molecule has 0 aliphatic heterocycles. The lowest BCUT2D eigenvalue weighted by molar-refractivity contribution is 0.189. The Balaban J connectivity index is 3.27. The molecule has 0 atom stereocenters. The first-order valence-corrected chi connectivity index (χ1v) is 5.31. The molecule has 2 nitrogen and oxygen atoms in total. The van der Waals surface area contributed by atoms with Crippen molar-refractivity contribution < 1.29 is 13.2 Å². The highest BCUT2D eigenvalue weighted by Gasteiger charge is 2.10. The molecule has 0 rings (SSSR count). The summed E-state index contributed by atoms with van der Waals surface area (Å²) in [7, 11) is -2.15. The average Bonchev–Trinajstić information content (AvgIpc) is 1.96. The van der Waals surface area contributed by atoms with Gasteiger partial charge in [0.2, 0.25) is 0 Å². The molecule has 0 radical (unpaired) electrons. The largest absolute Gasteiger partial charge is 0.374 e. The summed E-state index contributed by atoms with van der Waals surface area (Å²) in [5, 5.41) is 0. The van der Waals surface area contributed by atoms with Crippen LogP contribution in [0.3, 0.4) is 0 Å². The summed E-state index contributed by atoms with van der Waals surface area (Å²) in [4.78, 5) is 0. The molecular formula is C8H18FO2P. The summed E-state index contributed by atoms with van der Waals surface area (Å²) in [6.07, 6.45) is 0. The van der Waals surface area contributed by atoms with E-state index < -0.39 is 8.69 Å². The molecule has 0 unspecified atom stereocenters. The second-order valence-electron chi connectivity index (χ2n) is 3.59. The van der Waals surface area contributed by atoms with Gasteiger partial charge >= 0.3 is 8.69 Å². The van der Waals surface area contributed by atoms with Crippen LogP contribution in [0, 0.1) is 11.8 Å². The van der Waals surface area contributed by atoms with Crippen molar-refractivity contribution in [3.8, 4) is 0 Å². The first kappa shape index (κ1) is 12.3. The predicted octanol–water partition coefficient (Wildman–Crippen LogP) is 3.53. The Morgan fingerprint density at radius 2 is 1.33 bits per heavy atom. The lowest BCUT2D eigenvalue weighted by Gasteiger charge is -2.11. The summed E-state index contributed by atoms with van der Waals surface area (Å²) in [6, 6.07) is 0. The molecule has 0 saturated heterocycles. The molecule has 0 saturated carbocycles. The van der Waals surface area contributed by atoms with Crippen LogP contribution in [0.5, 0.6) is 0 Å². The van der Waals surface area contributed by atoms with E-state index in [1.165, 1.54) is 0 Å². The van der Waals surface area contributed by atoms with Crippen molar-refractivity contribution in [3.05, 3.63) is 0 Å². The molecule has 12 heavy (non-hydrogen) atoms. The second kappa shape index (κ2) is 6.76. The third kappa shape index (κ3) is 8.38. The van der Waals surface area contributed by atoms with Crippen LogP contribution in [0.25, 0.3) is 0 Å². The van der Waals surface area contributed by atoms with Gasteiger partial charge in [-0.25, -0.2) is 0 Å². The van der Waals surface area contributed by atoms with Crippen LogP contribution < -0.4 is 0 Å². The van der Waals surface area contributed by atoms with Gasteiger partial charge in [-0.05, 0) is 11.8 Å². The van der Waals surface area contributed by atoms with Gasteiger partial charge in [0.1, 0.15) is 0 Å². The topological polar surface area (TPSA) is 18.5 Å². The molecule has 0 N–H and O–H groups in total. The van der Waals surface area contributed by atoms with Gasteiger partial charge in [0.25, 0.3) is 0 Å². The quantitative estimate of drug-likeness (QED) is 0.605. The van der Waals surface area contributed by atoms with Gasteiger partial charge in [-0.3, -0.25) is 0 Å².